The molecule has 1 saturated carbocycles. The molecule has 4 heteroatoms. The van der Waals surface area contributed by atoms with Crippen molar-refractivity contribution in [3.05, 3.63) is 35.4 Å². The Hall–Kier alpha value is -1.68. The second-order valence-electron chi connectivity index (χ2n) is 5.40. The van der Waals surface area contributed by atoms with Crippen molar-refractivity contribution in [1.29, 1.82) is 0 Å². The van der Waals surface area contributed by atoms with E-state index in [0.29, 0.717) is 11.1 Å². The molecule has 1 aromatic carbocycles. The Morgan fingerprint density at radius 3 is 2.55 bits per heavy atom. The summed E-state index contributed by atoms with van der Waals surface area (Å²) in [5.74, 6) is 0.0171. The van der Waals surface area contributed by atoms with E-state index < -0.39 is 0 Å². The van der Waals surface area contributed by atoms with Gasteiger partial charge in [0.05, 0.1) is 0 Å². The number of aliphatic hydroxyl groups excluding tert-OH is 1. The number of carbonyl (C=O) groups is 2. The Morgan fingerprint density at radius 2 is 1.90 bits per heavy atom. The molecular weight excluding hydrogens is 254 g/mol. The number of benzene rings is 1. The lowest BCUT2D eigenvalue weighted by atomic mass is 9.95. The molecule has 1 fully saturated rings. The third-order valence-electron chi connectivity index (χ3n) is 4.02. The van der Waals surface area contributed by atoms with Gasteiger partial charge < -0.3 is 10.4 Å². The number of carbonyl (C=O) groups excluding carboxylic acids is 2. The van der Waals surface area contributed by atoms with Gasteiger partial charge in [0.2, 0.25) is 0 Å². The Kier molecular flexibility index (Phi) is 5.30. The van der Waals surface area contributed by atoms with Crippen molar-refractivity contribution in [2.45, 2.75) is 38.1 Å². The summed E-state index contributed by atoms with van der Waals surface area (Å²) in [4.78, 5) is 22.8. The maximum atomic E-state index is 12.2. The number of hydrogen-bond donors (Lipinski definition) is 2. The van der Waals surface area contributed by atoms with Crippen molar-refractivity contribution in [3.8, 4) is 0 Å². The van der Waals surface area contributed by atoms with Crippen LogP contribution in [0.5, 0.6) is 0 Å². The van der Waals surface area contributed by atoms with Gasteiger partial charge in [-0.1, -0.05) is 31.4 Å². The zero-order chi connectivity index (χ0) is 14.4. The number of rotatable bonds is 4. The van der Waals surface area contributed by atoms with Crippen LogP contribution < -0.4 is 5.32 Å². The van der Waals surface area contributed by atoms with E-state index in [9.17, 15) is 14.7 Å². The lowest BCUT2D eigenvalue weighted by Crippen LogP contribution is -2.41. The van der Waals surface area contributed by atoms with Gasteiger partial charge in [0.15, 0.2) is 0 Å². The molecule has 20 heavy (non-hydrogen) atoms. The normalized spacial score (nSPS) is 22.9. The van der Waals surface area contributed by atoms with Gasteiger partial charge in [-0.15, -0.1) is 0 Å². The van der Waals surface area contributed by atoms with Crippen LogP contribution >= 0.6 is 0 Å². The maximum absolute atomic E-state index is 12.2. The molecule has 1 aliphatic carbocycles. The van der Waals surface area contributed by atoms with E-state index in [1.165, 1.54) is 0 Å². The predicted octanol–water partition coefficient (Wildman–Crippen LogP) is 2.17. The first-order chi connectivity index (χ1) is 9.74. The fourth-order valence-electron chi connectivity index (χ4n) is 2.76. The summed E-state index contributed by atoms with van der Waals surface area (Å²) in [6, 6.07) is 6.63. The van der Waals surface area contributed by atoms with Gasteiger partial charge in [-0.25, -0.2) is 0 Å². The highest BCUT2D eigenvalue weighted by atomic mass is 16.3. The molecule has 2 unspecified atom stereocenters. The summed E-state index contributed by atoms with van der Waals surface area (Å²) in [6.45, 7) is 0.120. The number of amides is 1. The molecule has 1 aromatic rings. The minimum atomic E-state index is -0.132. The fraction of sp³-hybridized carbons (Fsp3) is 0.500. The lowest BCUT2D eigenvalue weighted by Gasteiger charge is -2.24. The second-order valence-corrected chi connectivity index (χ2v) is 5.40. The van der Waals surface area contributed by atoms with Crippen LogP contribution in [-0.4, -0.2) is 29.9 Å². The van der Waals surface area contributed by atoms with Crippen LogP contribution in [0.15, 0.2) is 24.3 Å². The van der Waals surface area contributed by atoms with Crippen LogP contribution in [0.3, 0.4) is 0 Å². The van der Waals surface area contributed by atoms with Gasteiger partial charge >= 0.3 is 0 Å². The third-order valence-corrected chi connectivity index (χ3v) is 4.02. The second kappa shape index (κ2) is 7.20. The molecule has 108 valence electrons. The molecule has 0 aromatic heterocycles. The topological polar surface area (TPSA) is 66.4 Å². The zero-order valence-corrected chi connectivity index (χ0v) is 11.5. The molecule has 0 saturated heterocycles. The first kappa shape index (κ1) is 14.7. The molecule has 0 heterocycles. The number of aldehydes is 1. The molecule has 2 rings (SSSR count). The molecule has 2 atom stereocenters. The molecule has 0 bridgehead atoms. The summed E-state index contributed by atoms with van der Waals surface area (Å²) >= 11 is 0. The predicted molar refractivity (Wildman–Crippen MR) is 76.7 cm³/mol. The Labute approximate surface area is 119 Å². The van der Waals surface area contributed by atoms with Crippen LogP contribution in [0, 0.1) is 5.92 Å². The SMILES string of the molecule is O=Cc1ccc(C(=O)NC2CCCCCC2CO)cc1. The molecule has 4 nitrogen and oxygen atoms in total. The van der Waals surface area contributed by atoms with Crippen molar-refractivity contribution in [1.82, 2.24) is 5.32 Å². The van der Waals surface area contributed by atoms with Crippen LogP contribution in [0.25, 0.3) is 0 Å². The van der Waals surface area contributed by atoms with Gasteiger partial charge in [-0.3, -0.25) is 9.59 Å². The van der Waals surface area contributed by atoms with Gasteiger partial charge in [-0.05, 0) is 25.0 Å². The standard InChI is InChI=1S/C16H21NO3/c18-10-12-6-8-13(9-7-12)16(20)17-15-5-3-1-2-4-14(15)11-19/h6-10,14-15,19H,1-5,11H2,(H,17,20). The minimum absolute atomic E-state index is 0.0424. The van der Waals surface area contributed by atoms with Crippen LogP contribution in [-0.2, 0) is 0 Å². The van der Waals surface area contributed by atoms with E-state index in [1.54, 1.807) is 24.3 Å². The number of hydrogen-bond acceptors (Lipinski definition) is 3. The third kappa shape index (κ3) is 3.67. The van der Waals surface area contributed by atoms with Crippen molar-refractivity contribution in [3.63, 3.8) is 0 Å². The highest BCUT2D eigenvalue weighted by Gasteiger charge is 2.24. The molecule has 2 N–H and O–H groups in total. The van der Waals surface area contributed by atoms with Gasteiger partial charge in [0, 0.05) is 29.7 Å². The summed E-state index contributed by atoms with van der Waals surface area (Å²) < 4.78 is 0. The summed E-state index contributed by atoms with van der Waals surface area (Å²) in [5.41, 5.74) is 1.11. The van der Waals surface area contributed by atoms with Crippen LogP contribution in [0.1, 0.15) is 52.8 Å². The van der Waals surface area contributed by atoms with Crippen molar-refractivity contribution < 1.29 is 14.7 Å². The monoisotopic (exact) mass is 275 g/mol. The molecule has 0 aliphatic heterocycles. The Morgan fingerprint density at radius 1 is 1.20 bits per heavy atom. The Bertz CT molecular complexity index is 455. The first-order valence-electron chi connectivity index (χ1n) is 7.21. The molecule has 1 amide bonds. The van der Waals surface area contributed by atoms with Crippen LogP contribution in [0.2, 0.25) is 0 Å². The van der Waals surface area contributed by atoms with Gasteiger partial charge in [-0.2, -0.15) is 0 Å². The van der Waals surface area contributed by atoms with E-state index in [2.05, 4.69) is 5.32 Å². The fourth-order valence-corrected chi connectivity index (χ4v) is 2.76. The number of aliphatic hydroxyl groups is 1. The zero-order valence-electron chi connectivity index (χ0n) is 11.5. The Balaban J connectivity index is 2.02. The van der Waals surface area contributed by atoms with E-state index in [-0.39, 0.29) is 24.5 Å². The molecular formula is C16H21NO3. The molecule has 1 aliphatic rings. The average molecular weight is 275 g/mol. The van der Waals surface area contributed by atoms with E-state index in [4.69, 9.17) is 0 Å². The molecule has 0 radical (unpaired) electrons. The first-order valence-corrected chi connectivity index (χ1v) is 7.21. The summed E-state index contributed by atoms with van der Waals surface area (Å²) in [7, 11) is 0. The van der Waals surface area contributed by atoms with Crippen LogP contribution in [0.4, 0.5) is 0 Å². The van der Waals surface area contributed by atoms with Gasteiger partial charge in [0.25, 0.3) is 5.91 Å². The molecule has 0 spiro atoms. The van der Waals surface area contributed by atoms with Gasteiger partial charge in [0.1, 0.15) is 6.29 Å². The number of nitrogens with one attached hydrogen (secondary N) is 1. The summed E-state index contributed by atoms with van der Waals surface area (Å²) in [5, 5.41) is 12.5. The average Bonchev–Trinajstić information content (AvgIpc) is 2.72. The van der Waals surface area contributed by atoms with Crippen molar-refractivity contribution in [2.75, 3.05) is 6.61 Å². The smallest absolute Gasteiger partial charge is 0.251 e. The van der Waals surface area contributed by atoms with Crippen molar-refractivity contribution in [2.24, 2.45) is 5.92 Å². The summed E-state index contributed by atoms with van der Waals surface area (Å²) in [6.07, 6.45) is 6.01. The lowest BCUT2D eigenvalue weighted by molar-refractivity contribution is 0.0899. The quantitative estimate of drug-likeness (QED) is 0.653. The highest BCUT2D eigenvalue weighted by molar-refractivity contribution is 5.95. The highest BCUT2D eigenvalue weighted by Crippen LogP contribution is 2.23. The minimum Gasteiger partial charge on any atom is -0.396 e. The largest absolute Gasteiger partial charge is 0.396 e. The maximum Gasteiger partial charge on any atom is 0.251 e. The van der Waals surface area contributed by atoms with E-state index in [0.717, 1.165) is 38.4 Å². The van der Waals surface area contributed by atoms with Crippen molar-refractivity contribution >= 4 is 12.2 Å². The van der Waals surface area contributed by atoms with E-state index in [1.807, 2.05) is 0 Å². The van der Waals surface area contributed by atoms with E-state index >= 15 is 0 Å².